The lowest BCUT2D eigenvalue weighted by atomic mass is 10.2. The molecule has 0 unspecified atom stereocenters. The summed E-state index contributed by atoms with van der Waals surface area (Å²) in [4.78, 5) is 14.9. The van der Waals surface area contributed by atoms with E-state index in [1.807, 2.05) is 0 Å². The second-order valence-corrected chi connectivity index (χ2v) is 3.67. The van der Waals surface area contributed by atoms with Crippen LogP contribution in [0.4, 0.5) is 13.2 Å². The van der Waals surface area contributed by atoms with E-state index in [9.17, 15) is 18.0 Å². The molecule has 0 atom stereocenters. The van der Waals surface area contributed by atoms with Crippen LogP contribution in [-0.4, -0.2) is 21.5 Å². The van der Waals surface area contributed by atoms with Gasteiger partial charge < -0.3 is 4.57 Å². The summed E-state index contributed by atoms with van der Waals surface area (Å²) in [6.45, 7) is 0. The number of benzene rings is 1. The van der Waals surface area contributed by atoms with Gasteiger partial charge in [-0.05, 0) is 12.1 Å². The van der Waals surface area contributed by atoms with E-state index in [1.54, 1.807) is 31.3 Å². The standard InChI is InChI=1S/C11H9F3N2O/c1-16-8-5-3-2-4-7(8)15-10(16)6-9(17)11(12,13)14/h2-5H,6H2,1H3. The Hall–Kier alpha value is -1.85. The SMILES string of the molecule is Cn1c(CC(=O)C(F)(F)F)nc2ccccc21. The number of rotatable bonds is 2. The molecule has 0 fully saturated rings. The number of carbonyl (C=O) groups is 1. The number of halogens is 3. The van der Waals surface area contributed by atoms with E-state index in [1.165, 1.54) is 4.57 Å². The fourth-order valence-corrected chi connectivity index (χ4v) is 1.60. The number of nitrogens with zero attached hydrogens (tertiary/aromatic N) is 2. The van der Waals surface area contributed by atoms with Gasteiger partial charge in [-0.1, -0.05) is 12.1 Å². The molecule has 17 heavy (non-hydrogen) atoms. The molecule has 3 nitrogen and oxygen atoms in total. The first kappa shape index (κ1) is 11.6. The van der Waals surface area contributed by atoms with Crippen molar-refractivity contribution in [3.63, 3.8) is 0 Å². The van der Waals surface area contributed by atoms with Gasteiger partial charge in [0.05, 0.1) is 17.5 Å². The fraction of sp³-hybridized carbons (Fsp3) is 0.273. The zero-order valence-electron chi connectivity index (χ0n) is 8.95. The summed E-state index contributed by atoms with van der Waals surface area (Å²) < 4.78 is 37.9. The summed E-state index contributed by atoms with van der Waals surface area (Å²) in [5.41, 5.74) is 1.29. The molecule has 0 N–H and O–H groups in total. The highest BCUT2D eigenvalue weighted by Crippen LogP contribution is 2.20. The van der Waals surface area contributed by atoms with Gasteiger partial charge in [0, 0.05) is 7.05 Å². The topological polar surface area (TPSA) is 34.9 Å². The molecule has 1 heterocycles. The minimum atomic E-state index is -4.81. The van der Waals surface area contributed by atoms with E-state index < -0.39 is 18.4 Å². The second-order valence-electron chi connectivity index (χ2n) is 3.67. The number of fused-ring (bicyclic) bond motifs is 1. The van der Waals surface area contributed by atoms with Crippen molar-refractivity contribution >= 4 is 16.8 Å². The van der Waals surface area contributed by atoms with Crippen molar-refractivity contribution in [2.75, 3.05) is 0 Å². The van der Waals surface area contributed by atoms with E-state index in [2.05, 4.69) is 4.98 Å². The monoisotopic (exact) mass is 242 g/mol. The van der Waals surface area contributed by atoms with E-state index in [0.29, 0.717) is 11.0 Å². The van der Waals surface area contributed by atoms with Gasteiger partial charge in [0.25, 0.3) is 0 Å². The Morgan fingerprint density at radius 2 is 2.00 bits per heavy atom. The molecule has 0 saturated heterocycles. The van der Waals surface area contributed by atoms with Crippen LogP contribution < -0.4 is 0 Å². The number of hydrogen-bond acceptors (Lipinski definition) is 2. The van der Waals surface area contributed by atoms with E-state index >= 15 is 0 Å². The Kier molecular flexibility index (Phi) is 2.65. The van der Waals surface area contributed by atoms with Gasteiger partial charge in [-0.25, -0.2) is 4.98 Å². The highest BCUT2D eigenvalue weighted by atomic mass is 19.4. The van der Waals surface area contributed by atoms with Gasteiger partial charge in [-0.2, -0.15) is 13.2 Å². The molecule has 1 aromatic carbocycles. The maximum absolute atomic E-state index is 12.1. The van der Waals surface area contributed by atoms with Crippen molar-refractivity contribution in [3.05, 3.63) is 30.1 Å². The average molecular weight is 242 g/mol. The third-order valence-electron chi connectivity index (χ3n) is 2.51. The molecular weight excluding hydrogens is 233 g/mol. The quantitative estimate of drug-likeness (QED) is 0.809. The molecule has 0 aliphatic carbocycles. The van der Waals surface area contributed by atoms with Crippen LogP contribution in [-0.2, 0) is 18.3 Å². The van der Waals surface area contributed by atoms with Crippen LogP contribution >= 0.6 is 0 Å². The van der Waals surface area contributed by atoms with Crippen molar-refractivity contribution < 1.29 is 18.0 Å². The molecule has 0 saturated carbocycles. The molecule has 0 aliphatic rings. The minimum Gasteiger partial charge on any atom is -0.331 e. The Bertz CT molecular complexity index is 572. The van der Waals surface area contributed by atoms with Crippen LogP contribution in [0.5, 0.6) is 0 Å². The van der Waals surface area contributed by atoms with Gasteiger partial charge >= 0.3 is 6.18 Å². The largest absolute Gasteiger partial charge is 0.450 e. The first-order valence-electron chi connectivity index (χ1n) is 4.90. The molecule has 6 heteroatoms. The maximum Gasteiger partial charge on any atom is 0.450 e. The summed E-state index contributed by atoms with van der Waals surface area (Å²) in [6, 6.07) is 6.94. The van der Waals surface area contributed by atoms with Gasteiger partial charge in [0.2, 0.25) is 5.78 Å². The number of carbonyl (C=O) groups excluding carboxylic acids is 1. The molecule has 90 valence electrons. The molecule has 2 rings (SSSR count). The van der Waals surface area contributed by atoms with Crippen LogP contribution in [0.2, 0.25) is 0 Å². The van der Waals surface area contributed by atoms with Crippen molar-refractivity contribution in [1.29, 1.82) is 0 Å². The number of para-hydroxylation sites is 2. The molecule has 1 aromatic heterocycles. The average Bonchev–Trinajstić information content (AvgIpc) is 2.55. The number of aryl methyl sites for hydroxylation is 1. The number of Topliss-reactive ketones (excluding diaryl/α,β-unsaturated/α-hetero) is 1. The predicted octanol–water partition coefficient (Wildman–Crippen LogP) is 2.25. The minimum absolute atomic E-state index is 0.119. The first-order chi connectivity index (χ1) is 7.89. The molecule has 0 aliphatic heterocycles. The lowest BCUT2D eigenvalue weighted by molar-refractivity contribution is -0.170. The third-order valence-corrected chi connectivity index (χ3v) is 2.51. The molecule has 0 amide bonds. The smallest absolute Gasteiger partial charge is 0.331 e. The van der Waals surface area contributed by atoms with E-state index in [-0.39, 0.29) is 5.82 Å². The number of hydrogen-bond donors (Lipinski definition) is 0. The second kappa shape index (κ2) is 3.87. The number of ketones is 1. The van der Waals surface area contributed by atoms with Crippen LogP contribution in [0.3, 0.4) is 0 Å². The molecule has 2 aromatic rings. The Morgan fingerprint density at radius 1 is 1.35 bits per heavy atom. The predicted molar refractivity (Wildman–Crippen MR) is 55.5 cm³/mol. The van der Waals surface area contributed by atoms with Crippen LogP contribution in [0.25, 0.3) is 11.0 Å². The normalized spacial score (nSPS) is 12.0. The fourth-order valence-electron chi connectivity index (χ4n) is 1.60. The lowest BCUT2D eigenvalue weighted by Gasteiger charge is -2.04. The molecule has 0 spiro atoms. The lowest BCUT2D eigenvalue weighted by Crippen LogP contribution is -2.25. The number of imidazole rings is 1. The van der Waals surface area contributed by atoms with Crippen LogP contribution in [0.1, 0.15) is 5.82 Å². The third kappa shape index (κ3) is 2.15. The molecule has 0 radical (unpaired) electrons. The van der Waals surface area contributed by atoms with Crippen LogP contribution in [0.15, 0.2) is 24.3 Å². The summed E-state index contributed by atoms with van der Waals surface area (Å²) in [7, 11) is 1.59. The maximum atomic E-state index is 12.1. The summed E-state index contributed by atoms with van der Waals surface area (Å²) in [5, 5.41) is 0. The zero-order valence-corrected chi connectivity index (χ0v) is 8.95. The van der Waals surface area contributed by atoms with Crippen molar-refractivity contribution in [2.45, 2.75) is 12.6 Å². The van der Waals surface area contributed by atoms with Crippen molar-refractivity contribution in [1.82, 2.24) is 9.55 Å². The van der Waals surface area contributed by atoms with Gasteiger partial charge in [0.1, 0.15) is 5.82 Å². The summed E-state index contributed by atoms with van der Waals surface area (Å²) in [6.07, 6.45) is -5.53. The number of aromatic nitrogens is 2. The van der Waals surface area contributed by atoms with Gasteiger partial charge in [-0.15, -0.1) is 0 Å². The summed E-state index contributed by atoms with van der Waals surface area (Å²) in [5.74, 6) is -1.66. The van der Waals surface area contributed by atoms with E-state index in [4.69, 9.17) is 0 Å². The summed E-state index contributed by atoms with van der Waals surface area (Å²) >= 11 is 0. The first-order valence-corrected chi connectivity index (χ1v) is 4.90. The van der Waals surface area contributed by atoms with Crippen molar-refractivity contribution in [3.8, 4) is 0 Å². The Balaban J connectivity index is 2.37. The van der Waals surface area contributed by atoms with E-state index in [0.717, 1.165) is 0 Å². The Morgan fingerprint density at radius 3 is 2.59 bits per heavy atom. The molecular formula is C11H9F3N2O. The zero-order chi connectivity index (χ0) is 12.6. The van der Waals surface area contributed by atoms with Gasteiger partial charge in [-0.3, -0.25) is 4.79 Å². The Labute approximate surface area is 94.9 Å². The molecule has 0 bridgehead atoms. The van der Waals surface area contributed by atoms with Gasteiger partial charge in [0.15, 0.2) is 0 Å². The number of alkyl halides is 3. The highest BCUT2D eigenvalue weighted by Gasteiger charge is 2.38. The highest BCUT2D eigenvalue weighted by molar-refractivity contribution is 5.86. The van der Waals surface area contributed by atoms with Crippen LogP contribution in [0, 0.1) is 0 Å². The van der Waals surface area contributed by atoms with Crippen molar-refractivity contribution in [2.24, 2.45) is 7.05 Å².